The number of rotatable bonds is 4. The summed E-state index contributed by atoms with van der Waals surface area (Å²) in [7, 11) is 0. The van der Waals surface area contributed by atoms with Gasteiger partial charge in [-0.05, 0) is 25.7 Å². The van der Waals surface area contributed by atoms with Gasteiger partial charge in [-0.1, -0.05) is 43.5 Å². The highest BCUT2D eigenvalue weighted by molar-refractivity contribution is 5.92. The molecule has 4 nitrogen and oxygen atoms in total. The fourth-order valence-corrected chi connectivity index (χ4v) is 3.43. The van der Waals surface area contributed by atoms with Crippen molar-refractivity contribution in [3.05, 3.63) is 30.0 Å². The minimum atomic E-state index is 0.297. The van der Waals surface area contributed by atoms with Crippen LogP contribution in [0, 0.1) is 12.8 Å². The Balaban J connectivity index is 1.87. The molecule has 1 saturated carbocycles. The van der Waals surface area contributed by atoms with Crippen molar-refractivity contribution in [2.24, 2.45) is 11.7 Å². The number of hydrogen-bond donors (Lipinski definition) is 2. The van der Waals surface area contributed by atoms with Gasteiger partial charge in [0.2, 0.25) is 0 Å². The van der Waals surface area contributed by atoms with Gasteiger partial charge in [-0.2, -0.15) is 5.10 Å². The minimum Gasteiger partial charge on any atom is -0.364 e. The van der Waals surface area contributed by atoms with Gasteiger partial charge in [-0.3, -0.25) is 0 Å². The molecule has 1 unspecified atom stereocenters. The van der Waals surface area contributed by atoms with Crippen LogP contribution in [-0.4, -0.2) is 22.8 Å². The fourth-order valence-electron chi connectivity index (χ4n) is 3.43. The van der Waals surface area contributed by atoms with E-state index in [0.717, 1.165) is 22.3 Å². The lowest BCUT2D eigenvalue weighted by Crippen LogP contribution is -2.37. The summed E-state index contributed by atoms with van der Waals surface area (Å²) in [5, 5.41) is 14.5. The van der Waals surface area contributed by atoms with Crippen LogP contribution in [0.25, 0.3) is 10.8 Å². The lowest BCUT2D eigenvalue weighted by Gasteiger charge is -2.30. The molecule has 21 heavy (non-hydrogen) atoms. The second-order valence-electron chi connectivity index (χ2n) is 6.06. The van der Waals surface area contributed by atoms with Crippen LogP contribution in [0.15, 0.2) is 24.3 Å². The average Bonchev–Trinajstić information content (AvgIpc) is 2.55. The minimum absolute atomic E-state index is 0.297. The van der Waals surface area contributed by atoms with Gasteiger partial charge in [0.15, 0.2) is 5.82 Å². The number of anilines is 1. The molecule has 0 bridgehead atoms. The first-order chi connectivity index (χ1) is 10.3. The number of nitrogens with zero attached hydrogens (tertiary/aromatic N) is 2. The molecular formula is C17H24N4. The van der Waals surface area contributed by atoms with Crippen LogP contribution in [0.4, 0.5) is 5.82 Å². The Hall–Kier alpha value is -1.68. The van der Waals surface area contributed by atoms with Crippen molar-refractivity contribution in [2.75, 3.05) is 11.9 Å². The summed E-state index contributed by atoms with van der Waals surface area (Å²) in [5.74, 6) is 1.53. The summed E-state index contributed by atoms with van der Waals surface area (Å²) in [6, 6.07) is 8.59. The lowest BCUT2D eigenvalue weighted by atomic mass is 9.84. The highest BCUT2D eigenvalue weighted by Crippen LogP contribution is 2.29. The molecule has 1 aromatic carbocycles. The normalized spacial score (nSPS) is 17.8. The van der Waals surface area contributed by atoms with Crippen LogP contribution < -0.4 is 11.1 Å². The molecule has 1 aromatic heterocycles. The standard InChI is InChI=1S/C17H24N4/c1-12-14-9-5-6-10-15(14)17(21-20-12)19-16(11-18)13-7-3-2-4-8-13/h5-6,9-10,13,16H,2-4,7-8,11,18H2,1H3,(H,19,21). The molecule has 0 saturated heterocycles. The molecule has 112 valence electrons. The number of nitrogens with two attached hydrogens (primary N) is 1. The molecule has 0 amide bonds. The van der Waals surface area contributed by atoms with Crippen molar-refractivity contribution >= 4 is 16.6 Å². The maximum Gasteiger partial charge on any atom is 0.156 e. The zero-order valence-electron chi connectivity index (χ0n) is 12.7. The molecule has 4 heteroatoms. The monoisotopic (exact) mass is 284 g/mol. The van der Waals surface area contributed by atoms with E-state index >= 15 is 0 Å². The Labute approximate surface area is 126 Å². The van der Waals surface area contributed by atoms with Crippen LogP contribution in [0.1, 0.15) is 37.8 Å². The highest BCUT2D eigenvalue weighted by atomic mass is 15.2. The summed E-state index contributed by atoms with van der Waals surface area (Å²) in [4.78, 5) is 0. The van der Waals surface area contributed by atoms with Crippen LogP contribution >= 0.6 is 0 Å². The predicted octanol–water partition coefficient (Wildman–Crippen LogP) is 3.26. The van der Waals surface area contributed by atoms with Gasteiger partial charge < -0.3 is 11.1 Å². The zero-order valence-corrected chi connectivity index (χ0v) is 12.7. The van der Waals surface area contributed by atoms with Crippen molar-refractivity contribution in [1.82, 2.24) is 10.2 Å². The van der Waals surface area contributed by atoms with E-state index in [0.29, 0.717) is 18.5 Å². The van der Waals surface area contributed by atoms with E-state index in [2.05, 4.69) is 27.6 Å². The van der Waals surface area contributed by atoms with E-state index in [9.17, 15) is 0 Å². The second-order valence-corrected chi connectivity index (χ2v) is 6.06. The summed E-state index contributed by atoms with van der Waals surface area (Å²) in [6.07, 6.45) is 6.55. The van der Waals surface area contributed by atoms with E-state index in [-0.39, 0.29) is 0 Å². The summed E-state index contributed by atoms with van der Waals surface area (Å²) in [5.41, 5.74) is 6.99. The SMILES string of the molecule is Cc1nnc(NC(CN)C2CCCCC2)c2ccccc12. The van der Waals surface area contributed by atoms with E-state index in [1.54, 1.807) is 0 Å². The molecule has 0 radical (unpaired) electrons. The van der Waals surface area contributed by atoms with Gasteiger partial charge in [0.1, 0.15) is 0 Å². The van der Waals surface area contributed by atoms with Crippen molar-refractivity contribution in [1.29, 1.82) is 0 Å². The summed E-state index contributed by atoms with van der Waals surface area (Å²) < 4.78 is 0. The molecule has 0 spiro atoms. The van der Waals surface area contributed by atoms with Gasteiger partial charge in [0.25, 0.3) is 0 Å². The van der Waals surface area contributed by atoms with Gasteiger partial charge in [0, 0.05) is 23.4 Å². The largest absolute Gasteiger partial charge is 0.364 e. The molecule has 0 aliphatic heterocycles. The Morgan fingerprint density at radius 3 is 2.57 bits per heavy atom. The molecule has 3 N–H and O–H groups in total. The first-order valence-corrected chi connectivity index (χ1v) is 7.98. The Bertz CT molecular complexity index is 605. The quantitative estimate of drug-likeness (QED) is 0.904. The third-order valence-electron chi connectivity index (χ3n) is 4.67. The topological polar surface area (TPSA) is 63.8 Å². The molecule has 3 rings (SSSR count). The Kier molecular flexibility index (Phi) is 4.34. The second kappa shape index (κ2) is 6.39. The highest BCUT2D eigenvalue weighted by Gasteiger charge is 2.23. The van der Waals surface area contributed by atoms with Gasteiger partial charge >= 0.3 is 0 Å². The molecule has 1 fully saturated rings. The average molecular weight is 284 g/mol. The Morgan fingerprint density at radius 2 is 1.86 bits per heavy atom. The molecule has 1 aliphatic carbocycles. The van der Waals surface area contributed by atoms with E-state index in [4.69, 9.17) is 5.73 Å². The smallest absolute Gasteiger partial charge is 0.156 e. The maximum atomic E-state index is 6.01. The van der Waals surface area contributed by atoms with Crippen molar-refractivity contribution in [3.63, 3.8) is 0 Å². The fraction of sp³-hybridized carbons (Fsp3) is 0.529. The van der Waals surface area contributed by atoms with E-state index in [1.807, 2.05) is 19.1 Å². The molecule has 1 aliphatic rings. The van der Waals surface area contributed by atoms with Crippen LogP contribution in [0.5, 0.6) is 0 Å². The number of hydrogen-bond acceptors (Lipinski definition) is 4. The van der Waals surface area contributed by atoms with Gasteiger partial charge in [-0.25, -0.2) is 0 Å². The van der Waals surface area contributed by atoms with Crippen LogP contribution in [0.3, 0.4) is 0 Å². The molecule has 2 aromatic rings. The number of fused-ring (bicyclic) bond motifs is 1. The van der Waals surface area contributed by atoms with Crippen molar-refractivity contribution < 1.29 is 0 Å². The maximum absolute atomic E-state index is 6.01. The number of aryl methyl sites for hydroxylation is 1. The molecule has 1 atom stereocenters. The third-order valence-corrected chi connectivity index (χ3v) is 4.67. The lowest BCUT2D eigenvalue weighted by molar-refractivity contribution is 0.320. The van der Waals surface area contributed by atoms with Crippen LogP contribution in [0.2, 0.25) is 0 Å². The number of benzene rings is 1. The number of aromatic nitrogens is 2. The molecule has 1 heterocycles. The molecular weight excluding hydrogens is 260 g/mol. The zero-order chi connectivity index (χ0) is 14.7. The van der Waals surface area contributed by atoms with Crippen molar-refractivity contribution in [2.45, 2.75) is 45.1 Å². The van der Waals surface area contributed by atoms with E-state index < -0.39 is 0 Å². The Morgan fingerprint density at radius 1 is 1.14 bits per heavy atom. The first-order valence-electron chi connectivity index (χ1n) is 7.98. The van der Waals surface area contributed by atoms with Gasteiger partial charge in [-0.15, -0.1) is 5.10 Å². The third kappa shape index (κ3) is 3.00. The predicted molar refractivity (Wildman–Crippen MR) is 87.3 cm³/mol. The van der Waals surface area contributed by atoms with Gasteiger partial charge in [0.05, 0.1) is 5.69 Å². The van der Waals surface area contributed by atoms with Crippen LogP contribution in [-0.2, 0) is 0 Å². The van der Waals surface area contributed by atoms with E-state index in [1.165, 1.54) is 32.1 Å². The summed E-state index contributed by atoms with van der Waals surface area (Å²) >= 11 is 0. The van der Waals surface area contributed by atoms with Crippen molar-refractivity contribution in [3.8, 4) is 0 Å². The summed E-state index contributed by atoms with van der Waals surface area (Å²) in [6.45, 7) is 2.65. The number of nitrogens with one attached hydrogen (secondary N) is 1. The first kappa shape index (κ1) is 14.3.